The number of likely N-dealkylation sites (tertiary alicyclic amines) is 1. The standard InChI is InChI=1S/C14H21N3O2/c1-10-7-13(16-15-10)11-3-2-5-17(8-11)14(18)12-4-6-19-9-12/h7,11-12H,2-6,8-9H2,1H3,(H,15,16). The van der Waals surface area contributed by atoms with E-state index in [4.69, 9.17) is 4.74 Å². The van der Waals surface area contributed by atoms with Gasteiger partial charge >= 0.3 is 0 Å². The molecule has 5 nitrogen and oxygen atoms in total. The molecular weight excluding hydrogens is 242 g/mol. The highest BCUT2D eigenvalue weighted by atomic mass is 16.5. The molecule has 2 fully saturated rings. The second kappa shape index (κ2) is 5.33. The van der Waals surface area contributed by atoms with Gasteiger partial charge < -0.3 is 9.64 Å². The van der Waals surface area contributed by atoms with E-state index in [-0.39, 0.29) is 11.8 Å². The fraction of sp³-hybridized carbons (Fsp3) is 0.714. The Morgan fingerprint density at radius 3 is 3.11 bits per heavy atom. The van der Waals surface area contributed by atoms with Crippen LogP contribution in [0, 0.1) is 12.8 Å². The number of carbonyl (C=O) groups is 1. The Hall–Kier alpha value is -1.36. The molecule has 2 saturated heterocycles. The lowest BCUT2D eigenvalue weighted by atomic mass is 9.93. The number of rotatable bonds is 2. The van der Waals surface area contributed by atoms with Crippen LogP contribution in [-0.2, 0) is 9.53 Å². The quantitative estimate of drug-likeness (QED) is 0.879. The first-order valence-electron chi connectivity index (χ1n) is 7.12. The number of piperidine rings is 1. The Balaban J connectivity index is 1.65. The highest BCUT2D eigenvalue weighted by Gasteiger charge is 2.32. The van der Waals surface area contributed by atoms with E-state index < -0.39 is 0 Å². The third-order valence-corrected chi connectivity index (χ3v) is 4.16. The van der Waals surface area contributed by atoms with Gasteiger partial charge in [-0.05, 0) is 32.3 Å². The van der Waals surface area contributed by atoms with Crippen molar-refractivity contribution in [2.75, 3.05) is 26.3 Å². The Morgan fingerprint density at radius 2 is 2.42 bits per heavy atom. The smallest absolute Gasteiger partial charge is 0.228 e. The van der Waals surface area contributed by atoms with Crippen molar-refractivity contribution in [1.82, 2.24) is 15.1 Å². The number of amides is 1. The Morgan fingerprint density at radius 1 is 1.53 bits per heavy atom. The zero-order chi connectivity index (χ0) is 13.2. The van der Waals surface area contributed by atoms with Gasteiger partial charge in [0.2, 0.25) is 5.91 Å². The molecule has 1 N–H and O–H groups in total. The van der Waals surface area contributed by atoms with Crippen LogP contribution in [0.5, 0.6) is 0 Å². The van der Waals surface area contributed by atoms with Crippen LogP contribution in [0.1, 0.15) is 36.6 Å². The van der Waals surface area contributed by atoms with Gasteiger partial charge in [0.25, 0.3) is 0 Å². The van der Waals surface area contributed by atoms with Crippen LogP contribution < -0.4 is 0 Å². The minimum atomic E-state index is 0.0830. The van der Waals surface area contributed by atoms with Gasteiger partial charge in [-0.2, -0.15) is 5.10 Å². The average molecular weight is 263 g/mol. The first kappa shape index (κ1) is 12.7. The zero-order valence-corrected chi connectivity index (χ0v) is 11.4. The summed E-state index contributed by atoms with van der Waals surface area (Å²) >= 11 is 0. The molecule has 0 aliphatic carbocycles. The monoisotopic (exact) mass is 263 g/mol. The maximum atomic E-state index is 12.4. The lowest BCUT2D eigenvalue weighted by Crippen LogP contribution is -2.42. The Bertz CT molecular complexity index is 451. The molecule has 2 aliphatic heterocycles. The zero-order valence-electron chi connectivity index (χ0n) is 11.4. The van der Waals surface area contributed by atoms with E-state index in [9.17, 15) is 4.79 Å². The number of aryl methyl sites for hydroxylation is 1. The molecule has 3 heterocycles. The summed E-state index contributed by atoms with van der Waals surface area (Å²) < 4.78 is 5.32. The minimum Gasteiger partial charge on any atom is -0.381 e. The van der Waals surface area contributed by atoms with Crippen LogP contribution in [0.3, 0.4) is 0 Å². The predicted octanol–water partition coefficient (Wildman–Crippen LogP) is 1.46. The fourth-order valence-corrected chi connectivity index (χ4v) is 3.05. The molecule has 1 aromatic heterocycles. The van der Waals surface area contributed by atoms with Crippen molar-refractivity contribution in [3.63, 3.8) is 0 Å². The predicted molar refractivity (Wildman–Crippen MR) is 70.8 cm³/mol. The van der Waals surface area contributed by atoms with Crippen molar-refractivity contribution in [2.45, 2.75) is 32.1 Å². The van der Waals surface area contributed by atoms with Crippen LogP contribution in [0.4, 0.5) is 0 Å². The fourth-order valence-electron chi connectivity index (χ4n) is 3.05. The SMILES string of the molecule is Cc1cc(C2CCCN(C(=O)C3CCOC3)C2)n[nH]1. The molecule has 1 amide bonds. The largest absolute Gasteiger partial charge is 0.381 e. The van der Waals surface area contributed by atoms with E-state index >= 15 is 0 Å². The van der Waals surface area contributed by atoms with E-state index in [1.54, 1.807) is 0 Å². The molecule has 3 rings (SSSR count). The summed E-state index contributed by atoms with van der Waals surface area (Å²) in [6, 6.07) is 2.09. The van der Waals surface area contributed by atoms with E-state index in [1.165, 1.54) is 0 Å². The summed E-state index contributed by atoms with van der Waals surface area (Å²) in [5.74, 6) is 0.735. The second-order valence-corrected chi connectivity index (χ2v) is 5.66. The summed E-state index contributed by atoms with van der Waals surface area (Å²) in [7, 11) is 0. The number of nitrogens with one attached hydrogen (secondary N) is 1. The lowest BCUT2D eigenvalue weighted by molar-refractivity contribution is -0.136. The second-order valence-electron chi connectivity index (χ2n) is 5.66. The van der Waals surface area contributed by atoms with Gasteiger partial charge in [0.05, 0.1) is 18.2 Å². The van der Waals surface area contributed by atoms with Crippen molar-refractivity contribution >= 4 is 5.91 Å². The van der Waals surface area contributed by atoms with E-state index in [2.05, 4.69) is 16.3 Å². The summed E-state index contributed by atoms with van der Waals surface area (Å²) in [5, 5.41) is 7.33. The molecule has 0 bridgehead atoms. The normalized spacial score (nSPS) is 27.7. The summed E-state index contributed by atoms with van der Waals surface area (Å²) in [6.07, 6.45) is 3.06. The first-order chi connectivity index (χ1) is 9.24. The number of hydrogen-bond donors (Lipinski definition) is 1. The topological polar surface area (TPSA) is 58.2 Å². The highest BCUT2D eigenvalue weighted by Crippen LogP contribution is 2.27. The van der Waals surface area contributed by atoms with E-state index in [0.29, 0.717) is 12.5 Å². The van der Waals surface area contributed by atoms with Gasteiger partial charge in [0.1, 0.15) is 0 Å². The van der Waals surface area contributed by atoms with Gasteiger partial charge in [-0.3, -0.25) is 9.89 Å². The van der Waals surface area contributed by atoms with Crippen molar-refractivity contribution < 1.29 is 9.53 Å². The van der Waals surface area contributed by atoms with Crippen molar-refractivity contribution in [3.05, 3.63) is 17.5 Å². The maximum absolute atomic E-state index is 12.4. The Kier molecular flexibility index (Phi) is 3.55. The molecule has 104 valence electrons. The molecule has 2 atom stereocenters. The molecule has 0 spiro atoms. The number of aromatic amines is 1. The third kappa shape index (κ3) is 2.66. The van der Waals surface area contributed by atoms with Crippen molar-refractivity contribution in [3.8, 4) is 0 Å². The molecule has 19 heavy (non-hydrogen) atoms. The molecule has 0 saturated carbocycles. The van der Waals surface area contributed by atoms with Crippen LogP contribution >= 0.6 is 0 Å². The molecular formula is C14H21N3O2. The van der Waals surface area contributed by atoms with Gasteiger partial charge in [-0.15, -0.1) is 0 Å². The van der Waals surface area contributed by atoms with Crippen LogP contribution in [-0.4, -0.2) is 47.3 Å². The first-order valence-corrected chi connectivity index (χ1v) is 7.12. The molecule has 1 aromatic rings. The van der Waals surface area contributed by atoms with Gasteiger partial charge in [-0.25, -0.2) is 0 Å². The lowest BCUT2D eigenvalue weighted by Gasteiger charge is -2.33. The molecule has 2 unspecified atom stereocenters. The minimum absolute atomic E-state index is 0.0830. The number of hydrogen-bond acceptors (Lipinski definition) is 3. The Labute approximate surface area is 113 Å². The van der Waals surface area contributed by atoms with E-state index in [0.717, 1.165) is 50.3 Å². The third-order valence-electron chi connectivity index (χ3n) is 4.16. The number of aromatic nitrogens is 2. The van der Waals surface area contributed by atoms with Crippen molar-refractivity contribution in [1.29, 1.82) is 0 Å². The summed E-state index contributed by atoms with van der Waals surface area (Å²) in [6.45, 7) is 5.03. The molecule has 0 aromatic carbocycles. The van der Waals surface area contributed by atoms with Crippen LogP contribution in [0.15, 0.2) is 6.07 Å². The van der Waals surface area contributed by atoms with Crippen molar-refractivity contribution in [2.24, 2.45) is 5.92 Å². The number of carbonyl (C=O) groups excluding carboxylic acids is 1. The highest BCUT2D eigenvalue weighted by molar-refractivity contribution is 5.79. The summed E-state index contributed by atoms with van der Waals surface area (Å²) in [5.41, 5.74) is 2.18. The number of ether oxygens (including phenoxy) is 1. The number of H-pyrrole nitrogens is 1. The molecule has 2 aliphatic rings. The molecule has 5 heteroatoms. The summed E-state index contributed by atoms with van der Waals surface area (Å²) in [4.78, 5) is 14.4. The van der Waals surface area contributed by atoms with Crippen LogP contribution in [0.25, 0.3) is 0 Å². The van der Waals surface area contributed by atoms with Gasteiger partial charge in [-0.1, -0.05) is 0 Å². The van der Waals surface area contributed by atoms with E-state index in [1.807, 2.05) is 11.8 Å². The average Bonchev–Trinajstić information content (AvgIpc) is 3.09. The molecule has 0 radical (unpaired) electrons. The number of nitrogens with zero attached hydrogens (tertiary/aromatic N) is 2. The van der Waals surface area contributed by atoms with Gasteiger partial charge in [0, 0.05) is 31.3 Å². The van der Waals surface area contributed by atoms with Crippen LogP contribution in [0.2, 0.25) is 0 Å². The maximum Gasteiger partial charge on any atom is 0.228 e. The van der Waals surface area contributed by atoms with Gasteiger partial charge in [0.15, 0.2) is 0 Å².